The summed E-state index contributed by atoms with van der Waals surface area (Å²) in [4.78, 5) is 16.4. The van der Waals surface area contributed by atoms with Gasteiger partial charge in [-0.25, -0.2) is 5.06 Å². The fraction of sp³-hybridized carbons (Fsp3) is 0.583. The van der Waals surface area contributed by atoms with Crippen LogP contribution in [-0.2, 0) is 23.2 Å². The van der Waals surface area contributed by atoms with E-state index in [1.54, 1.807) is 20.8 Å². The van der Waals surface area contributed by atoms with Crippen LogP contribution < -0.4 is 0 Å². The molecule has 0 aromatic rings. The van der Waals surface area contributed by atoms with Gasteiger partial charge < -0.3 is 9.05 Å². The number of nitrogens with zero attached hydrogens (tertiary/aromatic N) is 1. The van der Waals surface area contributed by atoms with Crippen molar-refractivity contribution in [2.75, 3.05) is 27.4 Å². The average molecular weight is 291 g/mol. The van der Waals surface area contributed by atoms with Crippen LogP contribution in [-0.4, -0.2) is 38.3 Å². The normalized spacial score (nSPS) is 13.0. The first-order valence-electron chi connectivity index (χ1n) is 5.97. The Balaban J connectivity index is 4.78. The summed E-state index contributed by atoms with van der Waals surface area (Å²) >= 11 is 0. The summed E-state index contributed by atoms with van der Waals surface area (Å²) < 4.78 is 22.2. The van der Waals surface area contributed by atoms with Crippen molar-refractivity contribution in [2.24, 2.45) is 0 Å². The molecule has 110 valence electrons. The summed E-state index contributed by atoms with van der Waals surface area (Å²) in [6, 6.07) is 0. The minimum absolute atomic E-state index is 0.283. The van der Waals surface area contributed by atoms with Crippen LogP contribution in [0.4, 0.5) is 0 Å². The minimum Gasteiger partial charge on any atom is -0.306 e. The molecule has 0 bridgehead atoms. The maximum atomic E-state index is 12.1. The van der Waals surface area contributed by atoms with Gasteiger partial charge in [0, 0.05) is 18.4 Å². The fourth-order valence-corrected chi connectivity index (χ4v) is 2.44. The van der Waals surface area contributed by atoms with E-state index in [1.807, 2.05) is 0 Å². The van der Waals surface area contributed by atoms with E-state index in [4.69, 9.17) is 13.9 Å². The van der Waals surface area contributed by atoms with Gasteiger partial charge >= 0.3 is 7.60 Å². The lowest BCUT2D eigenvalue weighted by molar-refractivity contribution is -0.163. The van der Waals surface area contributed by atoms with E-state index in [0.29, 0.717) is 5.57 Å². The first-order chi connectivity index (χ1) is 8.90. The first-order valence-corrected chi connectivity index (χ1v) is 7.58. The van der Waals surface area contributed by atoms with E-state index >= 15 is 0 Å². The van der Waals surface area contributed by atoms with Crippen molar-refractivity contribution < 1.29 is 23.2 Å². The minimum atomic E-state index is -3.22. The third kappa shape index (κ3) is 6.68. The van der Waals surface area contributed by atoms with E-state index < -0.39 is 7.60 Å². The van der Waals surface area contributed by atoms with Gasteiger partial charge in [0.25, 0.3) is 5.91 Å². The number of hydrogen-bond acceptors (Lipinski definition) is 5. The molecule has 19 heavy (non-hydrogen) atoms. The Morgan fingerprint density at radius 3 is 2.21 bits per heavy atom. The molecule has 0 unspecified atom stereocenters. The molecule has 0 aliphatic carbocycles. The van der Waals surface area contributed by atoms with Crippen molar-refractivity contribution in [2.45, 2.75) is 20.8 Å². The average Bonchev–Trinajstić information content (AvgIpc) is 2.37. The van der Waals surface area contributed by atoms with Crippen molar-refractivity contribution in [3.8, 4) is 0 Å². The molecule has 1 amide bonds. The third-order valence-electron chi connectivity index (χ3n) is 2.13. The summed E-state index contributed by atoms with van der Waals surface area (Å²) in [5.74, 6) is 1.05. The molecular weight excluding hydrogens is 269 g/mol. The third-order valence-corrected chi connectivity index (χ3v) is 3.90. The highest BCUT2D eigenvalue weighted by Crippen LogP contribution is 2.49. The second kappa shape index (κ2) is 9.04. The van der Waals surface area contributed by atoms with Gasteiger partial charge in [0.1, 0.15) is 0 Å². The van der Waals surface area contributed by atoms with Gasteiger partial charge in [-0.3, -0.25) is 14.2 Å². The molecular formula is C12H22NO5P. The van der Waals surface area contributed by atoms with Gasteiger partial charge in [0.2, 0.25) is 0 Å². The van der Waals surface area contributed by atoms with Crippen LogP contribution in [0.1, 0.15) is 20.8 Å². The number of carbonyl (C=O) groups is 1. The topological polar surface area (TPSA) is 65.1 Å². The van der Waals surface area contributed by atoms with E-state index in [0.717, 1.165) is 5.06 Å². The zero-order valence-corrected chi connectivity index (χ0v) is 13.0. The summed E-state index contributed by atoms with van der Waals surface area (Å²) in [5.41, 5.74) is 0.445. The maximum Gasteiger partial charge on any atom is 0.354 e. The van der Waals surface area contributed by atoms with E-state index in [-0.39, 0.29) is 19.1 Å². The van der Waals surface area contributed by atoms with Crippen molar-refractivity contribution in [3.63, 3.8) is 0 Å². The molecule has 0 saturated carbocycles. The second-order valence-corrected chi connectivity index (χ2v) is 5.45. The second-order valence-electron chi connectivity index (χ2n) is 3.55. The molecule has 0 aliphatic heterocycles. The summed E-state index contributed by atoms with van der Waals surface area (Å²) in [6.07, 6.45) is 3.02. The van der Waals surface area contributed by atoms with Crippen molar-refractivity contribution >= 4 is 13.5 Å². The van der Waals surface area contributed by atoms with Gasteiger partial charge in [0.15, 0.2) is 0 Å². The molecule has 0 heterocycles. The Morgan fingerprint density at radius 1 is 1.26 bits per heavy atom. The predicted molar refractivity (Wildman–Crippen MR) is 73.5 cm³/mol. The number of hydroxylamine groups is 2. The predicted octanol–water partition coefficient (Wildman–Crippen LogP) is 2.73. The van der Waals surface area contributed by atoms with Crippen LogP contribution in [0.2, 0.25) is 0 Å². The Hall–Kier alpha value is -0.940. The van der Waals surface area contributed by atoms with Crippen molar-refractivity contribution in [1.82, 2.24) is 5.06 Å². The van der Waals surface area contributed by atoms with Crippen molar-refractivity contribution in [1.29, 1.82) is 0 Å². The monoisotopic (exact) mass is 291 g/mol. The van der Waals surface area contributed by atoms with Gasteiger partial charge in [0.05, 0.1) is 20.3 Å². The number of hydrogen-bond donors (Lipinski definition) is 0. The molecule has 0 aromatic carbocycles. The summed E-state index contributed by atoms with van der Waals surface area (Å²) in [5, 5.41) is 1.10. The molecule has 0 radical (unpaired) electrons. The van der Waals surface area contributed by atoms with E-state index in [2.05, 4.69) is 0 Å². The lowest BCUT2D eigenvalue weighted by Crippen LogP contribution is -2.25. The Morgan fingerprint density at radius 2 is 1.79 bits per heavy atom. The van der Waals surface area contributed by atoms with Crippen LogP contribution >= 0.6 is 7.60 Å². The summed E-state index contributed by atoms with van der Waals surface area (Å²) in [6.45, 7) is 5.68. The number of allylic oxidation sites excluding steroid dienone is 2. The quantitative estimate of drug-likeness (QED) is 0.298. The Kier molecular flexibility index (Phi) is 8.59. The van der Waals surface area contributed by atoms with Crippen LogP contribution in [0, 0.1) is 0 Å². The molecule has 6 nitrogen and oxygen atoms in total. The molecule has 0 aromatic heterocycles. The van der Waals surface area contributed by atoms with Gasteiger partial charge in [-0.05, 0) is 20.8 Å². The highest BCUT2D eigenvalue weighted by atomic mass is 31.2. The molecule has 0 atom stereocenters. The molecule has 0 saturated heterocycles. The van der Waals surface area contributed by atoms with Crippen molar-refractivity contribution in [3.05, 3.63) is 23.5 Å². The largest absolute Gasteiger partial charge is 0.354 e. The van der Waals surface area contributed by atoms with E-state index in [1.165, 1.54) is 32.1 Å². The molecule has 7 heteroatoms. The van der Waals surface area contributed by atoms with Gasteiger partial charge in [-0.1, -0.05) is 12.2 Å². The van der Waals surface area contributed by atoms with Crippen LogP contribution in [0.15, 0.2) is 23.5 Å². The smallest absolute Gasteiger partial charge is 0.306 e. The molecule has 0 fully saturated rings. The number of amides is 1. The first kappa shape index (κ1) is 18.1. The number of rotatable bonds is 8. The lowest BCUT2D eigenvalue weighted by Gasteiger charge is -2.13. The highest BCUT2D eigenvalue weighted by Gasteiger charge is 2.18. The molecule has 0 aliphatic rings. The SMILES string of the molecule is CCOP(=O)(/C=C/C=C(/C)C(=O)N(C)OC)OCC. The van der Waals surface area contributed by atoms with Crippen LogP contribution in [0.3, 0.4) is 0 Å². The summed E-state index contributed by atoms with van der Waals surface area (Å²) in [7, 11) is -0.307. The number of carbonyl (C=O) groups excluding carboxylic acids is 1. The van der Waals surface area contributed by atoms with Gasteiger partial charge in [-0.2, -0.15) is 0 Å². The van der Waals surface area contributed by atoms with Crippen LogP contribution in [0.25, 0.3) is 0 Å². The lowest BCUT2D eigenvalue weighted by atomic mass is 10.2. The molecule has 0 rings (SSSR count). The fourth-order valence-electron chi connectivity index (χ4n) is 1.18. The van der Waals surface area contributed by atoms with Crippen LogP contribution in [0.5, 0.6) is 0 Å². The molecule has 0 spiro atoms. The maximum absolute atomic E-state index is 12.1. The number of likely N-dealkylation sites (N-methyl/N-ethyl adjacent to an activating group) is 1. The Labute approximate surface area is 114 Å². The molecule has 0 N–H and O–H groups in total. The van der Waals surface area contributed by atoms with E-state index in [9.17, 15) is 9.36 Å². The highest BCUT2D eigenvalue weighted by molar-refractivity contribution is 7.57. The Bertz CT molecular complexity index is 382. The standard InChI is InChI=1S/C12H22NO5P/c1-6-17-19(15,18-7-2)10-8-9-11(3)12(14)13(4)16-5/h8-10H,6-7H2,1-5H3/b10-8+,11-9-. The van der Waals surface area contributed by atoms with Gasteiger partial charge in [-0.15, -0.1) is 0 Å². The zero-order chi connectivity index (χ0) is 14.9. The zero-order valence-electron chi connectivity index (χ0n) is 12.1.